The van der Waals surface area contributed by atoms with Crippen LogP contribution in [0.5, 0.6) is 0 Å². The van der Waals surface area contributed by atoms with E-state index in [0.717, 1.165) is 18.5 Å². The number of thiophene rings is 1. The highest BCUT2D eigenvalue weighted by molar-refractivity contribution is 7.10. The molecule has 2 rings (SSSR count). The van der Waals surface area contributed by atoms with E-state index in [1.165, 1.54) is 23.1 Å². The molecular weight excluding hydrogens is 276 g/mol. The molecule has 4 heteroatoms. The normalized spacial score (nSPS) is 12.6. The molecule has 0 aliphatic heterocycles. The van der Waals surface area contributed by atoms with Gasteiger partial charge in [-0.1, -0.05) is 13.0 Å². The van der Waals surface area contributed by atoms with Crippen LogP contribution in [0.3, 0.4) is 0 Å². The van der Waals surface area contributed by atoms with E-state index in [0.29, 0.717) is 6.42 Å². The van der Waals surface area contributed by atoms with E-state index >= 15 is 0 Å². The Labute approximate surface area is 122 Å². The second-order valence-corrected chi connectivity index (χ2v) is 6.02. The van der Waals surface area contributed by atoms with E-state index in [1.807, 2.05) is 6.92 Å². The topological polar surface area (TPSA) is 12.0 Å². The second kappa shape index (κ2) is 6.95. The molecular formula is C16H19F2NS. The number of hydrogen-bond donors (Lipinski definition) is 1. The zero-order valence-electron chi connectivity index (χ0n) is 11.7. The Morgan fingerprint density at radius 1 is 1.25 bits per heavy atom. The number of halogens is 2. The third-order valence-electron chi connectivity index (χ3n) is 3.26. The Bertz CT molecular complexity index is 545. The first-order valence-corrected chi connectivity index (χ1v) is 7.71. The molecule has 0 saturated carbocycles. The predicted molar refractivity (Wildman–Crippen MR) is 80.2 cm³/mol. The highest BCUT2D eigenvalue weighted by atomic mass is 32.1. The maximum Gasteiger partial charge on any atom is 0.129 e. The summed E-state index contributed by atoms with van der Waals surface area (Å²) in [4.78, 5) is 1.21. The minimum absolute atomic E-state index is 0.0497. The fourth-order valence-electron chi connectivity index (χ4n) is 2.20. The van der Waals surface area contributed by atoms with Crippen molar-refractivity contribution in [3.8, 4) is 0 Å². The van der Waals surface area contributed by atoms with Gasteiger partial charge in [0.05, 0.1) is 0 Å². The van der Waals surface area contributed by atoms with Crippen molar-refractivity contribution in [1.29, 1.82) is 0 Å². The lowest BCUT2D eigenvalue weighted by molar-refractivity contribution is 0.491. The van der Waals surface area contributed by atoms with Crippen molar-refractivity contribution >= 4 is 11.3 Å². The summed E-state index contributed by atoms with van der Waals surface area (Å²) < 4.78 is 27.6. The monoisotopic (exact) mass is 295 g/mol. The van der Waals surface area contributed by atoms with Gasteiger partial charge in [0.1, 0.15) is 11.6 Å². The van der Waals surface area contributed by atoms with Crippen LogP contribution in [-0.2, 0) is 6.42 Å². The van der Waals surface area contributed by atoms with E-state index in [4.69, 9.17) is 0 Å². The minimum atomic E-state index is -0.472. The van der Waals surface area contributed by atoms with Gasteiger partial charge in [-0.05, 0) is 55.5 Å². The summed E-state index contributed by atoms with van der Waals surface area (Å²) in [6.45, 7) is 4.94. The van der Waals surface area contributed by atoms with Crippen LogP contribution >= 0.6 is 11.3 Å². The molecule has 0 spiro atoms. The quantitative estimate of drug-likeness (QED) is 0.820. The van der Waals surface area contributed by atoms with Crippen molar-refractivity contribution in [2.75, 3.05) is 6.54 Å². The Morgan fingerprint density at radius 3 is 2.50 bits per heavy atom. The molecule has 20 heavy (non-hydrogen) atoms. The summed E-state index contributed by atoms with van der Waals surface area (Å²) in [5.74, 6) is -0.944. The highest BCUT2D eigenvalue weighted by Gasteiger charge is 2.17. The Kier molecular flexibility index (Phi) is 5.26. The Hall–Kier alpha value is -1.26. The van der Waals surface area contributed by atoms with Crippen molar-refractivity contribution in [3.05, 3.63) is 57.3 Å². The van der Waals surface area contributed by atoms with Gasteiger partial charge in [0, 0.05) is 16.5 Å². The van der Waals surface area contributed by atoms with Crippen molar-refractivity contribution in [3.63, 3.8) is 0 Å². The largest absolute Gasteiger partial charge is 0.310 e. The van der Waals surface area contributed by atoms with E-state index < -0.39 is 11.6 Å². The van der Waals surface area contributed by atoms with Crippen LogP contribution in [0.1, 0.15) is 35.4 Å². The predicted octanol–water partition coefficient (Wildman–Crippen LogP) is 4.62. The van der Waals surface area contributed by atoms with Gasteiger partial charge in [-0.15, -0.1) is 11.3 Å². The van der Waals surface area contributed by atoms with Crippen LogP contribution in [0.2, 0.25) is 0 Å². The number of aryl methyl sites for hydroxylation is 1. The maximum atomic E-state index is 13.8. The molecule has 0 fully saturated rings. The van der Waals surface area contributed by atoms with Crippen molar-refractivity contribution in [1.82, 2.24) is 5.32 Å². The fourth-order valence-corrected chi connectivity index (χ4v) is 2.96. The molecule has 1 aromatic carbocycles. The molecule has 1 aromatic heterocycles. The van der Waals surface area contributed by atoms with E-state index in [1.54, 1.807) is 11.3 Å². The van der Waals surface area contributed by atoms with Crippen LogP contribution < -0.4 is 5.32 Å². The van der Waals surface area contributed by atoms with Gasteiger partial charge in [0.2, 0.25) is 0 Å². The zero-order chi connectivity index (χ0) is 14.5. The van der Waals surface area contributed by atoms with Crippen molar-refractivity contribution < 1.29 is 8.78 Å². The summed E-state index contributed by atoms with van der Waals surface area (Å²) in [6, 6.07) is 6.06. The molecule has 1 atom stereocenters. The molecule has 0 amide bonds. The summed E-state index contributed by atoms with van der Waals surface area (Å²) in [5, 5.41) is 5.43. The average Bonchev–Trinajstić information content (AvgIpc) is 2.84. The van der Waals surface area contributed by atoms with E-state index in [2.05, 4.69) is 23.7 Å². The Balaban J connectivity index is 2.23. The number of nitrogens with one attached hydrogen (secondary N) is 1. The Morgan fingerprint density at radius 2 is 1.95 bits per heavy atom. The molecule has 108 valence electrons. The lowest BCUT2D eigenvalue weighted by atomic mass is 10.00. The first kappa shape index (κ1) is 15.1. The standard InChI is InChI=1S/C16H19F2NS/c1-3-7-19-16(12-8-11(2)20-10-12)9-13-14(17)5-4-6-15(13)18/h4-6,8,10,16,19H,3,7,9H2,1-2H3. The maximum absolute atomic E-state index is 13.8. The van der Waals surface area contributed by atoms with Crippen molar-refractivity contribution in [2.24, 2.45) is 0 Å². The van der Waals surface area contributed by atoms with Gasteiger partial charge in [0.25, 0.3) is 0 Å². The molecule has 1 heterocycles. The van der Waals surface area contributed by atoms with Gasteiger partial charge in [-0.3, -0.25) is 0 Å². The smallest absolute Gasteiger partial charge is 0.129 e. The highest BCUT2D eigenvalue weighted by Crippen LogP contribution is 2.25. The summed E-state index contributed by atoms with van der Waals surface area (Å²) in [7, 11) is 0. The van der Waals surface area contributed by atoms with E-state index in [-0.39, 0.29) is 11.6 Å². The minimum Gasteiger partial charge on any atom is -0.310 e. The fraction of sp³-hybridized carbons (Fsp3) is 0.375. The van der Waals surface area contributed by atoms with Crippen LogP contribution in [-0.4, -0.2) is 6.54 Å². The number of rotatable bonds is 6. The molecule has 0 saturated heterocycles. The first-order valence-electron chi connectivity index (χ1n) is 6.83. The van der Waals surface area contributed by atoms with Crippen LogP contribution in [0, 0.1) is 18.6 Å². The van der Waals surface area contributed by atoms with Gasteiger partial charge >= 0.3 is 0 Å². The third kappa shape index (κ3) is 3.64. The zero-order valence-corrected chi connectivity index (χ0v) is 12.6. The summed E-state index contributed by atoms with van der Waals surface area (Å²) in [5.41, 5.74) is 1.26. The lowest BCUT2D eigenvalue weighted by Gasteiger charge is -2.18. The van der Waals surface area contributed by atoms with Gasteiger partial charge in [-0.25, -0.2) is 8.78 Å². The molecule has 0 radical (unpaired) electrons. The van der Waals surface area contributed by atoms with Gasteiger partial charge in [0.15, 0.2) is 0 Å². The molecule has 0 aliphatic carbocycles. The molecule has 1 unspecified atom stereocenters. The van der Waals surface area contributed by atoms with Crippen LogP contribution in [0.25, 0.3) is 0 Å². The summed E-state index contributed by atoms with van der Waals surface area (Å²) >= 11 is 1.66. The van der Waals surface area contributed by atoms with Crippen LogP contribution in [0.15, 0.2) is 29.6 Å². The molecule has 1 N–H and O–H groups in total. The number of benzene rings is 1. The SMILES string of the molecule is CCCNC(Cc1c(F)cccc1F)c1csc(C)c1. The molecule has 1 nitrogen and oxygen atoms in total. The third-order valence-corrected chi connectivity index (χ3v) is 4.14. The molecule has 2 aromatic rings. The van der Waals surface area contributed by atoms with E-state index in [9.17, 15) is 8.78 Å². The number of hydrogen-bond acceptors (Lipinski definition) is 2. The van der Waals surface area contributed by atoms with Gasteiger partial charge < -0.3 is 5.32 Å². The van der Waals surface area contributed by atoms with Gasteiger partial charge in [-0.2, -0.15) is 0 Å². The second-order valence-electron chi connectivity index (χ2n) is 4.90. The summed E-state index contributed by atoms with van der Waals surface area (Å²) in [6.07, 6.45) is 1.31. The molecule has 0 aliphatic rings. The van der Waals surface area contributed by atoms with Crippen molar-refractivity contribution in [2.45, 2.75) is 32.7 Å². The van der Waals surface area contributed by atoms with Crippen LogP contribution in [0.4, 0.5) is 8.78 Å². The average molecular weight is 295 g/mol. The molecule has 0 bridgehead atoms. The first-order chi connectivity index (χ1) is 9.61. The lowest BCUT2D eigenvalue weighted by Crippen LogP contribution is -2.24.